The van der Waals surface area contributed by atoms with Gasteiger partial charge in [0.25, 0.3) is 0 Å². The maximum absolute atomic E-state index is 13.3. The van der Waals surface area contributed by atoms with Crippen LogP contribution >= 0.6 is 23.2 Å². The Morgan fingerprint density at radius 2 is 1.74 bits per heavy atom. The maximum Gasteiger partial charge on any atom is 0.248 e. The molecule has 23 heavy (non-hydrogen) atoms. The predicted octanol–water partition coefficient (Wildman–Crippen LogP) is 5.99. The molecule has 1 nitrogen and oxygen atoms in total. The van der Waals surface area contributed by atoms with Gasteiger partial charge in [-0.2, -0.15) is 0 Å². The molecule has 5 heteroatoms. The van der Waals surface area contributed by atoms with Gasteiger partial charge in [-0.05, 0) is 55.7 Å². The first-order valence-electron chi connectivity index (χ1n) is 8.34. The van der Waals surface area contributed by atoms with E-state index in [1.807, 2.05) is 12.1 Å². The Morgan fingerprint density at radius 1 is 1.09 bits per heavy atom. The van der Waals surface area contributed by atoms with Crippen LogP contribution in [0.2, 0.25) is 10.0 Å². The lowest BCUT2D eigenvalue weighted by atomic mass is 9.59. The summed E-state index contributed by atoms with van der Waals surface area (Å²) in [7, 11) is 0. The first kappa shape index (κ1) is 17.4. The van der Waals surface area contributed by atoms with Crippen molar-refractivity contribution in [1.29, 1.82) is 0 Å². The van der Waals surface area contributed by atoms with Crippen molar-refractivity contribution < 1.29 is 13.9 Å². The van der Waals surface area contributed by atoms with E-state index in [9.17, 15) is 13.9 Å². The Kier molecular flexibility index (Phi) is 4.93. The van der Waals surface area contributed by atoms with Crippen LogP contribution in [0.25, 0.3) is 0 Å². The number of hydrogen-bond acceptors (Lipinski definition) is 1. The van der Waals surface area contributed by atoms with Crippen LogP contribution in [0, 0.1) is 5.92 Å². The van der Waals surface area contributed by atoms with E-state index in [4.69, 9.17) is 23.2 Å². The zero-order chi connectivity index (χ0) is 16.7. The minimum Gasteiger partial charge on any atom is -0.392 e. The Morgan fingerprint density at radius 3 is 2.26 bits per heavy atom. The van der Waals surface area contributed by atoms with Crippen molar-refractivity contribution in [2.75, 3.05) is 0 Å². The highest BCUT2D eigenvalue weighted by atomic mass is 35.5. The molecule has 0 spiro atoms. The Hall–Kier alpha value is -0.380. The van der Waals surface area contributed by atoms with E-state index in [0.717, 1.165) is 24.8 Å². The summed E-state index contributed by atoms with van der Waals surface area (Å²) < 4.78 is 26.6. The number of rotatable bonds is 4. The number of benzene rings is 1. The fourth-order valence-corrected chi connectivity index (χ4v) is 4.35. The van der Waals surface area contributed by atoms with Crippen LogP contribution < -0.4 is 0 Å². The average Bonchev–Trinajstić information content (AvgIpc) is 2.44. The molecule has 3 rings (SSSR count). The molecule has 0 aromatic heterocycles. The van der Waals surface area contributed by atoms with Gasteiger partial charge >= 0.3 is 0 Å². The summed E-state index contributed by atoms with van der Waals surface area (Å²) in [5.41, 5.74) is 0.737. The Bertz CT molecular complexity index is 562. The van der Waals surface area contributed by atoms with Gasteiger partial charge in [0, 0.05) is 18.3 Å². The van der Waals surface area contributed by atoms with Crippen LogP contribution in [0.5, 0.6) is 0 Å². The average molecular weight is 363 g/mol. The van der Waals surface area contributed by atoms with Crippen molar-refractivity contribution in [2.24, 2.45) is 5.92 Å². The van der Waals surface area contributed by atoms with E-state index in [0.29, 0.717) is 29.3 Å². The quantitative estimate of drug-likeness (QED) is 0.696. The molecule has 1 atom stereocenters. The molecule has 0 saturated heterocycles. The van der Waals surface area contributed by atoms with Gasteiger partial charge in [-0.1, -0.05) is 35.7 Å². The Labute approximate surface area is 146 Å². The highest BCUT2D eigenvalue weighted by Crippen LogP contribution is 2.50. The topological polar surface area (TPSA) is 20.2 Å². The van der Waals surface area contributed by atoms with Crippen molar-refractivity contribution >= 4 is 23.2 Å². The SMILES string of the molecule is OC(CC1CCC(F)(F)CC1)C1(c2ccc(Cl)c(Cl)c2)CCC1. The fraction of sp³-hybridized carbons (Fsp3) is 0.667. The molecule has 2 aliphatic rings. The monoisotopic (exact) mass is 362 g/mol. The van der Waals surface area contributed by atoms with Gasteiger partial charge in [-0.25, -0.2) is 8.78 Å². The largest absolute Gasteiger partial charge is 0.392 e. The summed E-state index contributed by atoms with van der Waals surface area (Å²) in [6.45, 7) is 0. The number of halogens is 4. The molecule has 0 heterocycles. The molecule has 0 amide bonds. The van der Waals surface area contributed by atoms with Crippen molar-refractivity contribution in [2.45, 2.75) is 68.8 Å². The van der Waals surface area contributed by atoms with E-state index >= 15 is 0 Å². The van der Waals surface area contributed by atoms with E-state index in [-0.39, 0.29) is 24.2 Å². The third-order valence-electron chi connectivity index (χ3n) is 5.77. The standard InChI is InChI=1S/C18H22Cl2F2O/c19-14-3-2-13(11-15(14)20)17(6-1-7-17)16(23)10-12-4-8-18(21,22)9-5-12/h2-3,11-12,16,23H,1,4-10H2. The van der Waals surface area contributed by atoms with E-state index < -0.39 is 12.0 Å². The van der Waals surface area contributed by atoms with Gasteiger partial charge in [-0.3, -0.25) is 0 Å². The molecule has 0 aliphatic heterocycles. The number of aliphatic hydroxyl groups excluding tert-OH is 1. The summed E-state index contributed by atoms with van der Waals surface area (Å²) in [6.07, 6.45) is 3.88. The lowest BCUT2D eigenvalue weighted by molar-refractivity contribution is -0.0579. The second kappa shape index (κ2) is 6.50. The molecule has 2 aliphatic carbocycles. The van der Waals surface area contributed by atoms with Crippen molar-refractivity contribution in [3.05, 3.63) is 33.8 Å². The molecule has 1 unspecified atom stereocenters. The van der Waals surface area contributed by atoms with Crippen LogP contribution in [0.3, 0.4) is 0 Å². The molecule has 1 aromatic rings. The van der Waals surface area contributed by atoms with Crippen molar-refractivity contribution in [3.8, 4) is 0 Å². The van der Waals surface area contributed by atoms with E-state index in [2.05, 4.69) is 0 Å². The van der Waals surface area contributed by atoms with Crippen LogP contribution in [0.1, 0.15) is 56.9 Å². The molecule has 2 saturated carbocycles. The number of alkyl halides is 2. The highest BCUT2D eigenvalue weighted by Gasteiger charge is 2.46. The lowest BCUT2D eigenvalue weighted by Gasteiger charge is -2.47. The highest BCUT2D eigenvalue weighted by molar-refractivity contribution is 6.42. The molecule has 0 bridgehead atoms. The molecular formula is C18H22Cl2F2O. The third-order valence-corrected chi connectivity index (χ3v) is 6.51. The minimum absolute atomic E-state index is 0.0514. The summed E-state index contributed by atoms with van der Waals surface area (Å²) in [4.78, 5) is 0. The van der Waals surface area contributed by atoms with Gasteiger partial charge < -0.3 is 5.11 Å². The molecule has 1 N–H and O–H groups in total. The summed E-state index contributed by atoms with van der Waals surface area (Å²) in [6, 6.07) is 5.56. The van der Waals surface area contributed by atoms with Gasteiger partial charge in [0.15, 0.2) is 0 Å². The maximum atomic E-state index is 13.3. The molecule has 2 fully saturated rings. The predicted molar refractivity (Wildman–Crippen MR) is 89.5 cm³/mol. The van der Waals surface area contributed by atoms with Crippen LogP contribution in [-0.2, 0) is 5.41 Å². The van der Waals surface area contributed by atoms with Gasteiger partial charge in [0.2, 0.25) is 5.92 Å². The lowest BCUT2D eigenvalue weighted by Crippen LogP contribution is -2.46. The minimum atomic E-state index is -2.51. The summed E-state index contributed by atoms with van der Waals surface area (Å²) in [5, 5.41) is 11.9. The van der Waals surface area contributed by atoms with Crippen molar-refractivity contribution in [1.82, 2.24) is 0 Å². The molecule has 0 radical (unpaired) electrons. The van der Waals surface area contributed by atoms with E-state index in [1.54, 1.807) is 6.07 Å². The van der Waals surface area contributed by atoms with Gasteiger partial charge in [0.1, 0.15) is 0 Å². The van der Waals surface area contributed by atoms with Gasteiger partial charge in [-0.15, -0.1) is 0 Å². The van der Waals surface area contributed by atoms with Crippen LogP contribution in [0.15, 0.2) is 18.2 Å². The number of hydrogen-bond donors (Lipinski definition) is 1. The second-order valence-electron chi connectivity index (χ2n) is 7.19. The molecule has 128 valence electrons. The third kappa shape index (κ3) is 3.52. The molecule has 1 aromatic carbocycles. The smallest absolute Gasteiger partial charge is 0.248 e. The summed E-state index contributed by atoms with van der Waals surface area (Å²) >= 11 is 12.1. The first-order valence-corrected chi connectivity index (χ1v) is 9.09. The van der Waals surface area contributed by atoms with Gasteiger partial charge in [0.05, 0.1) is 16.1 Å². The van der Waals surface area contributed by atoms with Crippen LogP contribution in [-0.4, -0.2) is 17.1 Å². The second-order valence-corrected chi connectivity index (χ2v) is 8.00. The molecular weight excluding hydrogens is 341 g/mol. The van der Waals surface area contributed by atoms with Crippen LogP contribution in [0.4, 0.5) is 8.78 Å². The zero-order valence-corrected chi connectivity index (χ0v) is 14.5. The Balaban J connectivity index is 1.71. The normalized spacial score (nSPS) is 24.9. The van der Waals surface area contributed by atoms with Crippen molar-refractivity contribution in [3.63, 3.8) is 0 Å². The zero-order valence-electron chi connectivity index (χ0n) is 13.0. The first-order chi connectivity index (χ1) is 10.8. The number of aliphatic hydroxyl groups is 1. The fourth-order valence-electron chi connectivity index (χ4n) is 4.05. The van der Waals surface area contributed by atoms with E-state index in [1.165, 1.54) is 0 Å². The summed E-state index contributed by atoms with van der Waals surface area (Å²) in [5.74, 6) is -2.33.